The van der Waals surface area contributed by atoms with Crippen LogP contribution in [0.1, 0.15) is 13.8 Å². The van der Waals surface area contributed by atoms with E-state index in [0.717, 1.165) is 24.6 Å². The van der Waals surface area contributed by atoms with Crippen molar-refractivity contribution in [1.82, 2.24) is 24.7 Å². The first-order chi connectivity index (χ1) is 10.6. The number of amides is 1. The van der Waals surface area contributed by atoms with E-state index in [9.17, 15) is 4.79 Å². The standard InChI is InChI=1S/C14H21N7O.ClH/c1-10(2)13(15)14(22)20-7-5-19(6-8-20)12-4-3-11-17-16-9-21(11)18-12;/h3-4,9-10,13H,5-8,15H2,1-2H3;1H/t13-;/m0./s1. The third kappa shape index (κ3) is 3.53. The van der Waals surface area contributed by atoms with E-state index < -0.39 is 6.04 Å². The lowest BCUT2D eigenvalue weighted by atomic mass is 10.0. The lowest BCUT2D eigenvalue weighted by molar-refractivity contribution is -0.133. The summed E-state index contributed by atoms with van der Waals surface area (Å²) in [7, 11) is 0. The molecule has 1 saturated heterocycles. The minimum atomic E-state index is -0.418. The average Bonchev–Trinajstić information content (AvgIpc) is 3.01. The fraction of sp³-hybridized carbons (Fsp3) is 0.571. The van der Waals surface area contributed by atoms with Gasteiger partial charge in [-0.05, 0) is 18.1 Å². The molecule has 3 rings (SSSR count). The van der Waals surface area contributed by atoms with Gasteiger partial charge in [-0.25, -0.2) is 0 Å². The molecule has 2 N–H and O–H groups in total. The molecular formula is C14H22ClN7O. The van der Waals surface area contributed by atoms with Crippen LogP contribution in [0.25, 0.3) is 5.65 Å². The number of halogens is 1. The molecule has 0 unspecified atom stereocenters. The first-order valence-electron chi connectivity index (χ1n) is 7.52. The minimum Gasteiger partial charge on any atom is -0.352 e. The average molecular weight is 340 g/mol. The van der Waals surface area contributed by atoms with Gasteiger partial charge in [-0.2, -0.15) is 4.52 Å². The highest BCUT2D eigenvalue weighted by atomic mass is 35.5. The van der Waals surface area contributed by atoms with E-state index >= 15 is 0 Å². The highest BCUT2D eigenvalue weighted by molar-refractivity contribution is 5.85. The molecule has 1 fully saturated rings. The smallest absolute Gasteiger partial charge is 0.239 e. The Labute approximate surface area is 141 Å². The first kappa shape index (κ1) is 17.4. The molecule has 1 atom stereocenters. The highest BCUT2D eigenvalue weighted by Crippen LogP contribution is 2.15. The van der Waals surface area contributed by atoms with Crippen LogP contribution in [0.3, 0.4) is 0 Å². The maximum atomic E-state index is 12.3. The molecular weight excluding hydrogens is 318 g/mol. The van der Waals surface area contributed by atoms with Gasteiger partial charge in [0.2, 0.25) is 5.91 Å². The predicted octanol–water partition coefficient (Wildman–Crippen LogP) is 0.178. The molecule has 2 aromatic heterocycles. The number of carbonyl (C=O) groups is 1. The normalized spacial score (nSPS) is 16.5. The summed E-state index contributed by atoms with van der Waals surface area (Å²) in [5.41, 5.74) is 6.68. The van der Waals surface area contributed by atoms with Gasteiger partial charge in [0, 0.05) is 26.2 Å². The van der Waals surface area contributed by atoms with E-state index in [-0.39, 0.29) is 24.2 Å². The number of anilines is 1. The van der Waals surface area contributed by atoms with Crippen molar-refractivity contribution in [2.45, 2.75) is 19.9 Å². The number of nitrogens with zero attached hydrogens (tertiary/aromatic N) is 6. The topological polar surface area (TPSA) is 92.7 Å². The molecule has 3 heterocycles. The Morgan fingerprint density at radius 3 is 2.57 bits per heavy atom. The predicted molar refractivity (Wildman–Crippen MR) is 89.6 cm³/mol. The molecule has 0 spiro atoms. The third-order valence-electron chi connectivity index (χ3n) is 4.07. The highest BCUT2D eigenvalue weighted by Gasteiger charge is 2.27. The quantitative estimate of drug-likeness (QED) is 0.857. The van der Waals surface area contributed by atoms with Crippen molar-refractivity contribution in [3.05, 3.63) is 18.5 Å². The zero-order chi connectivity index (χ0) is 15.7. The summed E-state index contributed by atoms with van der Waals surface area (Å²) in [5, 5.41) is 12.2. The Balaban J connectivity index is 0.00000192. The number of fused-ring (bicyclic) bond motifs is 1. The lowest BCUT2D eigenvalue weighted by Gasteiger charge is -2.36. The van der Waals surface area contributed by atoms with Gasteiger partial charge in [0.15, 0.2) is 5.65 Å². The summed E-state index contributed by atoms with van der Waals surface area (Å²) < 4.78 is 1.65. The molecule has 0 bridgehead atoms. The summed E-state index contributed by atoms with van der Waals surface area (Å²) in [6.45, 7) is 6.77. The van der Waals surface area contributed by atoms with Crippen molar-refractivity contribution in [3.8, 4) is 0 Å². The van der Waals surface area contributed by atoms with E-state index in [1.54, 1.807) is 10.8 Å². The number of carbonyl (C=O) groups excluding carboxylic acids is 1. The van der Waals surface area contributed by atoms with Crippen LogP contribution in [-0.4, -0.2) is 62.8 Å². The zero-order valence-corrected chi connectivity index (χ0v) is 14.1. The fourth-order valence-electron chi connectivity index (χ4n) is 2.54. The maximum Gasteiger partial charge on any atom is 0.239 e. The first-order valence-corrected chi connectivity index (χ1v) is 7.52. The van der Waals surface area contributed by atoms with Gasteiger partial charge in [0.25, 0.3) is 0 Å². The minimum absolute atomic E-state index is 0. The largest absolute Gasteiger partial charge is 0.352 e. The third-order valence-corrected chi connectivity index (χ3v) is 4.07. The van der Waals surface area contributed by atoms with Gasteiger partial charge >= 0.3 is 0 Å². The van der Waals surface area contributed by atoms with Gasteiger partial charge in [0.1, 0.15) is 12.1 Å². The van der Waals surface area contributed by atoms with Crippen molar-refractivity contribution in [1.29, 1.82) is 0 Å². The number of hydrogen-bond donors (Lipinski definition) is 1. The van der Waals surface area contributed by atoms with Crippen molar-refractivity contribution < 1.29 is 4.79 Å². The van der Waals surface area contributed by atoms with E-state index in [1.807, 2.05) is 30.9 Å². The molecule has 126 valence electrons. The van der Waals surface area contributed by atoms with Gasteiger partial charge in [-0.3, -0.25) is 4.79 Å². The van der Waals surface area contributed by atoms with Crippen LogP contribution in [0.4, 0.5) is 5.82 Å². The van der Waals surface area contributed by atoms with Gasteiger partial charge in [0.05, 0.1) is 6.04 Å². The molecule has 0 aromatic carbocycles. The second kappa shape index (κ2) is 7.10. The van der Waals surface area contributed by atoms with Crippen molar-refractivity contribution in [2.75, 3.05) is 31.1 Å². The molecule has 23 heavy (non-hydrogen) atoms. The summed E-state index contributed by atoms with van der Waals surface area (Å²) in [6.07, 6.45) is 1.58. The maximum absolute atomic E-state index is 12.3. The van der Waals surface area contributed by atoms with Crippen LogP contribution in [0.5, 0.6) is 0 Å². The van der Waals surface area contributed by atoms with Crippen LogP contribution in [0.15, 0.2) is 18.5 Å². The Morgan fingerprint density at radius 2 is 1.91 bits per heavy atom. The summed E-state index contributed by atoms with van der Waals surface area (Å²) in [4.78, 5) is 16.3. The lowest BCUT2D eigenvalue weighted by Crippen LogP contribution is -2.54. The van der Waals surface area contributed by atoms with Gasteiger partial charge in [-0.1, -0.05) is 13.8 Å². The van der Waals surface area contributed by atoms with Crippen LogP contribution in [0, 0.1) is 5.92 Å². The fourth-order valence-corrected chi connectivity index (χ4v) is 2.54. The number of rotatable bonds is 3. The molecule has 2 aromatic rings. The van der Waals surface area contributed by atoms with E-state index in [2.05, 4.69) is 20.2 Å². The Hall–Kier alpha value is -1.93. The molecule has 9 heteroatoms. The van der Waals surface area contributed by atoms with Crippen molar-refractivity contribution in [3.63, 3.8) is 0 Å². The number of nitrogens with two attached hydrogens (primary N) is 1. The van der Waals surface area contributed by atoms with Crippen LogP contribution < -0.4 is 10.6 Å². The monoisotopic (exact) mass is 339 g/mol. The summed E-state index contributed by atoms with van der Waals surface area (Å²) in [5.74, 6) is 1.06. The second-order valence-electron chi connectivity index (χ2n) is 5.91. The van der Waals surface area contributed by atoms with Crippen LogP contribution in [0.2, 0.25) is 0 Å². The number of piperazine rings is 1. The molecule has 8 nitrogen and oxygen atoms in total. The van der Waals surface area contributed by atoms with Crippen LogP contribution >= 0.6 is 12.4 Å². The molecule has 1 aliphatic rings. The number of hydrogen-bond acceptors (Lipinski definition) is 6. The molecule has 0 radical (unpaired) electrons. The van der Waals surface area contributed by atoms with E-state index in [1.165, 1.54) is 0 Å². The SMILES string of the molecule is CC(C)[C@H](N)C(=O)N1CCN(c2ccc3nncn3n2)CC1.Cl. The van der Waals surface area contributed by atoms with E-state index in [0.29, 0.717) is 13.1 Å². The zero-order valence-electron chi connectivity index (χ0n) is 13.3. The molecule has 1 aliphatic heterocycles. The Morgan fingerprint density at radius 1 is 1.22 bits per heavy atom. The Kier molecular flexibility index (Phi) is 5.38. The van der Waals surface area contributed by atoms with Crippen molar-refractivity contribution in [2.24, 2.45) is 11.7 Å². The molecule has 0 saturated carbocycles. The summed E-state index contributed by atoms with van der Waals surface area (Å²) >= 11 is 0. The molecule has 0 aliphatic carbocycles. The second-order valence-corrected chi connectivity index (χ2v) is 5.91. The Bertz CT molecular complexity index is 666. The van der Waals surface area contributed by atoms with Gasteiger partial charge < -0.3 is 15.5 Å². The van der Waals surface area contributed by atoms with Crippen molar-refractivity contribution >= 4 is 29.8 Å². The van der Waals surface area contributed by atoms with Crippen LogP contribution in [-0.2, 0) is 4.79 Å². The number of aromatic nitrogens is 4. The summed E-state index contributed by atoms with van der Waals surface area (Å²) in [6, 6.07) is 3.40. The molecule has 1 amide bonds. The van der Waals surface area contributed by atoms with Gasteiger partial charge in [-0.15, -0.1) is 27.7 Å². The van der Waals surface area contributed by atoms with E-state index in [4.69, 9.17) is 5.73 Å².